The van der Waals surface area contributed by atoms with Crippen molar-refractivity contribution in [2.75, 3.05) is 10.6 Å². The molecular weight excluding hydrogens is 258 g/mol. The first kappa shape index (κ1) is 14.0. The molecule has 2 rings (SSSR count). The Morgan fingerprint density at radius 1 is 1.30 bits per heavy atom. The summed E-state index contributed by atoms with van der Waals surface area (Å²) in [6.07, 6.45) is 0. The number of carbonyl (C=O) groups is 1. The number of carbonyl (C=O) groups excluding carboxylic acids is 1. The molecule has 106 valence electrons. The van der Waals surface area contributed by atoms with Crippen molar-refractivity contribution >= 4 is 28.5 Å². The number of hydrogen-bond donors (Lipinski definition) is 2. The van der Waals surface area contributed by atoms with Crippen LogP contribution in [0.1, 0.15) is 27.7 Å². The summed E-state index contributed by atoms with van der Waals surface area (Å²) in [5, 5.41) is 5.96. The quantitative estimate of drug-likeness (QED) is 0.879. The maximum absolute atomic E-state index is 12.0. The topological polar surface area (TPSA) is 84.2 Å². The molecule has 1 amide bonds. The highest BCUT2D eigenvalue weighted by Crippen LogP contribution is 2.18. The molecule has 0 saturated heterocycles. The summed E-state index contributed by atoms with van der Waals surface area (Å²) in [4.78, 5) is 27.2. The highest BCUT2D eigenvalue weighted by molar-refractivity contribution is 5.92. The van der Waals surface area contributed by atoms with E-state index in [0.717, 1.165) is 0 Å². The number of rotatable bonds is 2. The Bertz CT molecular complexity index is 714. The number of nitrogens with zero attached hydrogens (tertiary/aromatic N) is 1. The highest BCUT2D eigenvalue weighted by Gasteiger charge is 2.14. The zero-order chi connectivity index (χ0) is 14.9. The molecule has 0 atom stereocenters. The van der Waals surface area contributed by atoms with Crippen LogP contribution in [0.5, 0.6) is 0 Å². The zero-order valence-electron chi connectivity index (χ0n) is 11.9. The van der Waals surface area contributed by atoms with Crippen LogP contribution in [-0.4, -0.2) is 16.4 Å². The van der Waals surface area contributed by atoms with Gasteiger partial charge in [0.15, 0.2) is 0 Å². The molecule has 0 radical (unpaired) electrons. The minimum Gasteiger partial charge on any atom is -0.389 e. The standard InChI is InChI=1S/C14H17N3O3/c1-8(18)15-9-5-6-11-10(7-9)12(19)20-13(16-11)17-14(2,3)4/h5-7H,1-4H3,(H,15,18)(H,16,17). The van der Waals surface area contributed by atoms with Gasteiger partial charge in [0.1, 0.15) is 0 Å². The van der Waals surface area contributed by atoms with E-state index in [0.29, 0.717) is 16.6 Å². The van der Waals surface area contributed by atoms with Crippen LogP contribution in [0.25, 0.3) is 10.9 Å². The summed E-state index contributed by atoms with van der Waals surface area (Å²) in [5.74, 6) is -0.201. The summed E-state index contributed by atoms with van der Waals surface area (Å²) < 4.78 is 5.14. The van der Waals surface area contributed by atoms with Crippen LogP contribution < -0.4 is 16.3 Å². The molecule has 0 aliphatic rings. The minimum absolute atomic E-state index is 0.183. The fourth-order valence-electron chi connectivity index (χ4n) is 1.73. The fraction of sp³-hybridized carbons (Fsp3) is 0.357. The molecule has 0 bridgehead atoms. The summed E-state index contributed by atoms with van der Waals surface area (Å²) in [7, 11) is 0. The van der Waals surface area contributed by atoms with Gasteiger partial charge < -0.3 is 15.1 Å². The Kier molecular flexibility index (Phi) is 3.48. The first-order chi connectivity index (χ1) is 9.24. The van der Waals surface area contributed by atoms with Crippen molar-refractivity contribution in [2.24, 2.45) is 0 Å². The fourth-order valence-corrected chi connectivity index (χ4v) is 1.73. The number of aromatic nitrogens is 1. The molecule has 1 aromatic heterocycles. The maximum atomic E-state index is 12.0. The Hall–Kier alpha value is -2.37. The largest absolute Gasteiger partial charge is 0.389 e. The lowest BCUT2D eigenvalue weighted by atomic mass is 10.1. The average molecular weight is 275 g/mol. The van der Waals surface area contributed by atoms with E-state index in [1.165, 1.54) is 6.92 Å². The van der Waals surface area contributed by atoms with Gasteiger partial charge in [0.25, 0.3) is 6.01 Å². The van der Waals surface area contributed by atoms with Gasteiger partial charge in [0, 0.05) is 18.2 Å². The first-order valence-corrected chi connectivity index (χ1v) is 6.25. The van der Waals surface area contributed by atoms with E-state index < -0.39 is 5.63 Å². The zero-order valence-corrected chi connectivity index (χ0v) is 11.9. The van der Waals surface area contributed by atoms with E-state index in [9.17, 15) is 9.59 Å². The molecule has 20 heavy (non-hydrogen) atoms. The van der Waals surface area contributed by atoms with Gasteiger partial charge in [-0.05, 0) is 39.0 Å². The van der Waals surface area contributed by atoms with Gasteiger partial charge in [-0.15, -0.1) is 0 Å². The van der Waals surface area contributed by atoms with Crippen LogP contribution in [0.4, 0.5) is 11.7 Å². The SMILES string of the molecule is CC(=O)Nc1ccc2nc(NC(C)(C)C)oc(=O)c2c1. The van der Waals surface area contributed by atoms with Crippen LogP contribution in [0.3, 0.4) is 0 Å². The van der Waals surface area contributed by atoms with Crippen molar-refractivity contribution in [3.63, 3.8) is 0 Å². The third kappa shape index (κ3) is 3.34. The van der Waals surface area contributed by atoms with E-state index in [2.05, 4.69) is 15.6 Å². The van der Waals surface area contributed by atoms with Crippen LogP contribution in [0, 0.1) is 0 Å². The molecule has 0 spiro atoms. The second-order valence-corrected chi connectivity index (χ2v) is 5.59. The Balaban J connectivity index is 2.47. The molecule has 0 saturated carbocycles. The van der Waals surface area contributed by atoms with E-state index in [1.807, 2.05) is 20.8 Å². The monoisotopic (exact) mass is 275 g/mol. The molecule has 0 aliphatic carbocycles. The predicted molar refractivity (Wildman–Crippen MR) is 78.0 cm³/mol. The number of hydrogen-bond acceptors (Lipinski definition) is 5. The van der Waals surface area contributed by atoms with Gasteiger partial charge in [-0.3, -0.25) is 4.79 Å². The third-order valence-corrected chi connectivity index (χ3v) is 2.43. The summed E-state index contributed by atoms with van der Waals surface area (Å²) in [6, 6.07) is 5.10. The van der Waals surface area contributed by atoms with Crippen molar-refractivity contribution in [1.82, 2.24) is 4.98 Å². The van der Waals surface area contributed by atoms with Crippen molar-refractivity contribution in [1.29, 1.82) is 0 Å². The van der Waals surface area contributed by atoms with Gasteiger partial charge >= 0.3 is 5.63 Å². The van der Waals surface area contributed by atoms with Crippen molar-refractivity contribution in [2.45, 2.75) is 33.2 Å². The molecule has 1 heterocycles. The van der Waals surface area contributed by atoms with Crippen LogP contribution in [-0.2, 0) is 4.79 Å². The molecular formula is C14H17N3O3. The van der Waals surface area contributed by atoms with Crippen LogP contribution in [0.15, 0.2) is 27.4 Å². The third-order valence-electron chi connectivity index (χ3n) is 2.43. The van der Waals surface area contributed by atoms with Crippen molar-refractivity contribution < 1.29 is 9.21 Å². The molecule has 0 aliphatic heterocycles. The number of amides is 1. The normalized spacial score (nSPS) is 11.4. The maximum Gasteiger partial charge on any atom is 0.348 e. The number of anilines is 2. The minimum atomic E-state index is -0.492. The molecule has 2 N–H and O–H groups in total. The lowest BCUT2D eigenvalue weighted by molar-refractivity contribution is -0.114. The van der Waals surface area contributed by atoms with E-state index in [4.69, 9.17) is 4.42 Å². The lowest BCUT2D eigenvalue weighted by Crippen LogP contribution is -2.27. The number of nitrogens with one attached hydrogen (secondary N) is 2. The highest BCUT2D eigenvalue weighted by atomic mass is 16.4. The molecule has 0 unspecified atom stereocenters. The molecule has 2 aromatic rings. The Morgan fingerprint density at radius 3 is 2.60 bits per heavy atom. The Labute approximate surface area is 116 Å². The summed E-state index contributed by atoms with van der Waals surface area (Å²) in [6.45, 7) is 7.23. The second-order valence-electron chi connectivity index (χ2n) is 5.59. The predicted octanol–water partition coefficient (Wildman–Crippen LogP) is 2.36. The van der Waals surface area contributed by atoms with E-state index in [1.54, 1.807) is 18.2 Å². The first-order valence-electron chi connectivity index (χ1n) is 6.25. The average Bonchev–Trinajstić information content (AvgIpc) is 2.27. The van der Waals surface area contributed by atoms with Gasteiger partial charge in [0.05, 0.1) is 10.9 Å². The van der Waals surface area contributed by atoms with Crippen LogP contribution in [0.2, 0.25) is 0 Å². The van der Waals surface area contributed by atoms with Gasteiger partial charge in [-0.1, -0.05) is 0 Å². The van der Waals surface area contributed by atoms with Gasteiger partial charge in [-0.25, -0.2) is 4.79 Å². The number of fused-ring (bicyclic) bond motifs is 1. The van der Waals surface area contributed by atoms with Crippen molar-refractivity contribution in [3.8, 4) is 0 Å². The molecule has 6 nitrogen and oxygen atoms in total. The van der Waals surface area contributed by atoms with Gasteiger partial charge in [0.2, 0.25) is 5.91 Å². The number of benzene rings is 1. The molecule has 6 heteroatoms. The van der Waals surface area contributed by atoms with Crippen molar-refractivity contribution in [3.05, 3.63) is 28.6 Å². The Morgan fingerprint density at radius 2 is 2.00 bits per heavy atom. The van der Waals surface area contributed by atoms with Crippen LogP contribution >= 0.6 is 0 Å². The summed E-state index contributed by atoms with van der Waals surface area (Å²) >= 11 is 0. The second kappa shape index (κ2) is 4.96. The van der Waals surface area contributed by atoms with E-state index >= 15 is 0 Å². The van der Waals surface area contributed by atoms with Gasteiger partial charge in [-0.2, -0.15) is 4.98 Å². The lowest BCUT2D eigenvalue weighted by Gasteiger charge is -2.19. The smallest absolute Gasteiger partial charge is 0.348 e. The molecule has 1 aromatic carbocycles. The molecule has 0 fully saturated rings. The van der Waals surface area contributed by atoms with E-state index in [-0.39, 0.29) is 17.5 Å². The summed E-state index contributed by atoms with van der Waals surface area (Å²) in [5.41, 5.74) is 0.305.